The van der Waals surface area contributed by atoms with Gasteiger partial charge in [0, 0.05) is 24.9 Å². The third-order valence-electron chi connectivity index (χ3n) is 2.36. The van der Waals surface area contributed by atoms with Crippen molar-refractivity contribution in [3.63, 3.8) is 0 Å². The van der Waals surface area contributed by atoms with E-state index in [2.05, 4.69) is 18.9 Å². The van der Waals surface area contributed by atoms with Gasteiger partial charge in [-0.25, -0.2) is 0 Å². The minimum absolute atomic E-state index is 0.251. The van der Waals surface area contributed by atoms with Gasteiger partial charge in [-0.3, -0.25) is 4.79 Å². The Balaban J connectivity index is 2.54. The number of nitrogens with zero attached hydrogens (tertiary/aromatic N) is 1. The van der Waals surface area contributed by atoms with E-state index in [0.29, 0.717) is 11.8 Å². The van der Waals surface area contributed by atoms with Crippen molar-refractivity contribution in [2.75, 3.05) is 13.6 Å². The average molecular weight is 141 g/mol. The van der Waals surface area contributed by atoms with E-state index in [4.69, 9.17) is 0 Å². The Labute approximate surface area is 62.2 Å². The number of likely N-dealkylation sites (tertiary alicyclic amines) is 1. The summed E-state index contributed by atoms with van der Waals surface area (Å²) in [6.07, 6.45) is 0.734. The normalized spacial score (nSPS) is 36.5. The van der Waals surface area contributed by atoms with E-state index in [1.165, 1.54) is 0 Å². The summed E-state index contributed by atoms with van der Waals surface area (Å²) in [5.74, 6) is 0.673. The summed E-state index contributed by atoms with van der Waals surface area (Å²) in [6, 6.07) is 0.448. The van der Waals surface area contributed by atoms with Crippen LogP contribution in [0.3, 0.4) is 0 Å². The molecule has 0 amide bonds. The van der Waals surface area contributed by atoms with Gasteiger partial charge in [-0.15, -0.1) is 0 Å². The fourth-order valence-electron chi connectivity index (χ4n) is 1.36. The van der Waals surface area contributed by atoms with E-state index < -0.39 is 0 Å². The van der Waals surface area contributed by atoms with E-state index in [1.807, 2.05) is 6.92 Å². The average Bonchev–Trinajstić information content (AvgIpc) is 1.84. The van der Waals surface area contributed by atoms with Gasteiger partial charge in [-0.05, 0) is 14.0 Å². The molecule has 0 radical (unpaired) electrons. The monoisotopic (exact) mass is 141 g/mol. The molecule has 2 heteroatoms. The van der Waals surface area contributed by atoms with Crippen LogP contribution in [0.4, 0.5) is 0 Å². The molecule has 1 aliphatic rings. The zero-order valence-electron chi connectivity index (χ0n) is 6.92. The lowest BCUT2D eigenvalue weighted by molar-refractivity contribution is -0.126. The highest BCUT2D eigenvalue weighted by molar-refractivity contribution is 5.82. The van der Waals surface area contributed by atoms with Gasteiger partial charge in [0.1, 0.15) is 5.78 Å². The molecule has 0 unspecified atom stereocenters. The minimum Gasteiger partial charge on any atom is -0.303 e. The van der Waals surface area contributed by atoms with Gasteiger partial charge in [0.15, 0.2) is 0 Å². The van der Waals surface area contributed by atoms with E-state index >= 15 is 0 Å². The summed E-state index contributed by atoms with van der Waals surface area (Å²) >= 11 is 0. The molecule has 0 N–H and O–H groups in total. The fraction of sp³-hybridized carbons (Fsp3) is 0.875. The van der Waals surface area contributed by atoms with Gasteiger partial charge in [0.25, 0.3) is 0 Å². The summed E-state index contributed by atoms with van der Waals surface area (Å²) < 4.78 is 0. The molecule has 2 atom stereocenters. The second-order valence-corrected chi connectivity index (χ2v) is 3.36. The fourth-order valence-corrected chi connectivity index (χ4v) is 1.36. The Morgan fingerprint density at radius 3 is 2.60 bits per heavy atom. The van der Waals surface area contributed by atoms with Crippen molar-refractivity contribution in [1.82, 2.24) is 4.90 Å². The highest BCUT2D eigenvalue weighted by Crippen LogP contribution is 2.15. The Kier molecular flexibility index (Phi) is 2.09. The summed E-state index contributed by atoms with van der Waals surface area (Å²) in [5, 5.41) is 0. The zero-order chi connectivity index (χ0) is 7.72. The molecule has 0 aliphatic carbocycles. The first-order valence-corrected chi connectivity index (χ1v) is 3.84. The van der Waals surface area contributed by atoms with Crippen molar-refractivity contribution in [2.45, 2.75) is 26.3 Å². The Morgan fingerprint density at radius 2 is 2.10 bits per heavy atom. The molecule has 2 nitrogen and oxygen atoms in total. The van der Waals surface area contributed by atoms with Crippen LogP contribution in [-0.4, -0.2) is 30.3 Å². The number of carbonyl (C=O) groups excluding carboxylic acids is 1. The molecule has 1 aliphatic heterocycles. The lowest BCUT2D eigenvalue weighted by Crippen LogP contribution is -2.42. The standard InChI is InChI=1S/C8H15NO/c1-6-5-9(3)7(2)4-8(6)10/h6-7H,4-5H2,1-3H3/t6-,7-/m1/s1. The van der Waals surface area contributed by atoms with Crippen LogP contribution in [-0.2, 0) is 4.79 Å². The number of ketones is 1. The Bertz CT molecular complexity index is 144. The highest BCUT2D eigenvalue weighted by atomic mass is 16.1. The Hall–Kier alpha value is -0.370. The SMILES string of the molecule is C[C@@H]1CN(C)[C@H](C)CC1=O. The zero-order valence-corrected chi connectivity index (χ0v) is 6.92. The smallest absolute Gasteiger partial charge is 0.138 e. The van der Waals surface area contributed by atoms with Crippen LogP contribution in [0.5, 0.6) is 0 Å². The minimum atomic E-state index is 0.251. The van der Waals surface area contributed by atoms with Crippen molar-refractivity contribution in [3.8, 4) is 0 Å². The molecule has 0 aromatic heterocycles. The second-order valence-electron chi connectivity index (χ2n) is 3.36. The van der Waals surface area contributed by atoms with Gasteiger partial charge in [-0.2, -0.15) is 0 Å². The number of hydrogen-bond acceptors (Lipinski definition) is 2. The van der Waals surface area contributed by atoms with Crippen molar-refractivity contribution >= 4 is 5.78 Å². The van der Waals surface area contributed by atoms with Crippen LogP contribution in [0.25, 0.3) is 0 Å². The molecule has 1 heterocycles. The number of hydrogen-bond donors (Lipinski definition) is 0. The summed E-state index contributed by atoms with van der Waals surface area (Å²) in [5.41, 5.74) is 0. The van der Waals surface area contributed by atoms with Gasteiger partial charge in [0.05, 0.1) is 0 Å². The molecular formula is C8H15NO. The van der Waals surface area contributed by atoms with E-state index in [0.717, 1.165) is 13.0 Å². The molecule has 0 spiro atoms. The summed E-state index contributed by atoms with van der Waals surface area (Å²) in [6.45, 7) is 5.04. The van der Waals surface area contributed by atoms with Gasteiger partial charge in [-0.1, -0.05) is 6.92 Å². The molecular weight excluding hydrogens is 126 g/mol. The largest absolute Gasteiger partial charge is 0.303 e. The molecule has 0 aromatic carbocycles. The third-order valence-corrected chi connectivity index (χ3v) is 2.36. The lowest BCUT2D eigenvalue weighted by atomic mass is 9.94. The van der Waals surface area contributed by atoms with Gasteiger partial charge in [0.2, 0.25) is 0 Å². The predicted molar refractivity (Wildman–Crippen MR) is 40.9 cm³/mol. The molecule has 1 fully saturated rings. The van der Waals surface area contributed by atoms with Crippen LogP contribution in [0.2, 0.25) is 0 Å². The van der Waals surface area contributed by atoms with E-state index in [-0.39, 0.29) is 5.92 Å². The molecule has 0 bridgehead atoms. The van der Waals surface area contributed by atoms with Crippen LogP contribution in [0.15, 0.2) is 0 Å². The van der Waals surface area contributed by atoms with E-state index in [9.17, 15) is 4.79 Å². The maximum atomic E-state index is 11.1. The summed E-state index contributed by atoms with van der Waals surface area (Å²) in [4.78, 5) is 13.4. The predicted octanol–water partition coefficient (Wildman–Crippen LogP) is 0.916. The van der Waals surface area contributed by atoms with E-state index in [1.54, 1.807) is 0 Å². The first kappa shape index (κ1) is 7.73. The van der Waals surface area contributed by atoms with Crippen molar-refractivity contribution in [2.24, 2.45) is 5.92 Å². The molecule has 0 aromatic rings. The van der Waals surface area contributed by atoms with Gasteiger partial charge >= 0.3 is 0 Å². The number of carbonyl (C=O) groups is 1. The van der Waals surface area contributed by atoms with Crippen LogP contribution >= 0.6 is 0 Å². The van der Waals surface area contributed by atoms with Crippen molar-refractivity contribution in [1.29, 1.82) is 0 Å². The molecule has 0 saturated carbocycles. The van der Waals surface area contributed by atoms with Crippen molar-refractivity contribution < 1.29 is 4.79 Å². The molecule has 10 heavy (non-hydrogen) atoms. The quantitative estimate of drug-likeness (QED) is 0.500. The van der Waals surface area contributed by atoms with Crippen molar-refractivity contribution in [3.05, 3.63) is 0 Å². The number of Topliss-reactive ketones (excluding diaryl/α,β-unsaturated/α-hetero) is 1. The first-order chi connectivity index (χ1) is 4.61. The number of piperidine rings is 1. The lowest BCUT2D eigenvalue weighted by Gasteiger charge is -2.32. The molecule has 1 saturated heterocycles. The maximum absolute atomic E-state index is 11.1. The maximum Gasteiger partial charge on any atom is 0.138 e. The first-order valence-electron chi connectivity index (χ1n) is 3.84. The van der Waals surface area contributed by atoms with Crippen LogP contribution in [0.1, 0.15) is 20.3 Å². The second kappa shape index (κ2) is 2.70. The molecule has 58 valence electrons. The van der Waals surface area contributed by atoms with Crippen LogP contribution < -0.4 is 0 Å². The summed E-state index contributed by atoms with van der Waals surface area (Å²) in [7, 11) is 2.08. The van der Waals surface area contributed by atoms with Crippen LogP contribution in [0, 0.1) is 5.92 Å². The highest BCUT2D eigenvalue weighted by Gasteiger charge is 2.25. The molecule has 1 rings (SSSR count). The topological polar surface area (TPSA) is 20.3 Å². The van der Waals surface area contributed by atoms with Gasteiger partial charge < -0.3 is 4.90 Å². The number of rotatable bonds is 0. The third kappa shape index (κ3) is 1.37. The Morgan fingerprint density at radius 1 is 1.50 bits per heavy atom.